The van der Waals surface area contributed by atoms with Gasteiger partial charge in [-0.05, 0) is 66.5 Å². The molecule has 4 heteroatoms. The molecule has 1 aromatic carbocycles. The molecule has 0 spiro atoms. The Labute approximate surface area is 123 Å². The van der Waals surface area contributed by atoms with Gasteiger partial charge in [-0.2, -0.15) is 0 Å². The highest BCUT2D eigenvalue weighted by Gasteiger charge is 2.20. The number of hydrogen-bond donors (Lipinski definition) is 1. The van der Waals surface area contributed by atoms with Crippen LogP contribution < -0.4 is 5.32 Å². The minimum Gasteiger partial charge on any atom is -0.306 e. The van der Waals surface area contributed by atoms with Gasteiger partial charge in [0.25, 0.3) is 0 Å². The number of likely N-dealkylation sites (N-methyl/N-ethyl adjacent to an activating group) is 1. The number of nitrogens with zero attached hydrogens (tertiary/aromatic N) is 1. The molecule has 0 radical (unpaired) electrons. The third-order valence-corrected chi connectivity index (χ3v) is 4.49. The van der Waals surface area contributed by atoms with Gasteiger partial charge in [0.05, 0.1) is 4.47 Å². The molecule has 2 unspecified atom stereocenters. The molecule has 2 rings (SSSR count). The third-order valence-electron chi connectivity index (χ3n) is 3.88. The second-order valence-electron chi connectivity index (χ2n) is 5.29. The van der Waals surface area contributed by atoms with Crippen molar-refractivity contribution in [1.29, 1.82) is 0 Å². The molecule has 19 heavy (non-hydrogen) atoms. The molecule has 0 aliphatic carbocycles. The molecule has 2 nitrogen and oxygen atoms in total. The first-order valence-electron chi connectivity index (χ1n) is 7.03. The number of nitrogens with one attached hydrogen (secondary N) is 1. The second-order valence-corrected chi connectivity index (χ2v) is 6.15. The highest BCUT2D eigenvalue weighted by atomic mass is 79.9. The Hall–Kier alpha value is -0.450. The lowest BCUT2D eigenvalue weighted by molar-refractivity contribution is 0.192. The van der Waals surface area contributed by atoms with Crippen molar-refractivity contribution in [3.63, 3.8) is 0 Å². The van der Waals surface area contributed by atoms with Crippen LogP contribution in [0.5, 0.6) is 0 Å². The molecule has 1 fully saturated rings. The molecule has 1 saturated heterocycles. The Morgan fingerprint density at radius 2 is 2.32 bits per heavy atom. The van der Waals surface area contributed by atoms with Gasteiger partial charge in [0.15, 0.2) is 0 Å². The topological polar surface area (TPSA) is 15.3 Å². The van der Waals surface area contributed by atoms with Crippen LogP contribution in [0.1, 0.15) is 38.3 Å². The first-order chi connectivity index (χ1) is 9.10. The fourth-order valence-electron chi connectivity index (χ4n) is 2.71. The van der Waals surface area contributed by atoms with Gasteiger partial charge in [0, 0.05) is 18.6 Å². The van der Waals surface area contributed by atoms with Gasteiger partial charge in [-0.25, -0.2) is 4.39 Å². The Morgan fingerprint density at radius 1 is 1.53 bits per heavy atom. The summed E-state index contributed by atoms with van der Waals surface area (Å²) >= 11 is 3.25. The molecule has 1 aliphatic heterocycles. The van der Waals surface area contributed by atoms with E-state index in [0.717, 1.165) is 18.7 Å². The molecule has 1 aromatic rings. The average molecular weight is 329 g/mol. The summed E-state index contributed by atoms with van der Waals surface area (Å²) in [5.74, 6) is -0.203. The SMILES string of the molecule is CCN1CCCC(NC(C)c2ccc(F)c(Br)c2)C1. The van der Waals surface area contributed by atoms with Gasteiger partial charge < -0.3 is 10.2 Å². The minimum absolute atomic E-state index is 0.203. The molecule has 1 N–H and O–H groups in total. The Balaban J connectivity index is 1.96. The van der Waals surface area contributed by atoms with E-state index in [1.165, 1.54) is 25.5 Å². The molecule has 106 valence electrons. The average Bonchev–Trinajstić information content (AvgIpc) is 2.42. The summed E-state index contributed by atoms with van der Waals surface area (Å²) in [6, 6.07) is 6.04. The van der Waals surface area contributed by atoms with Crippen molar-refractivity contribution >= 4 is 15.9 Å². The van der Waals surface area contributed by atoms with Crippen LogP contribution in [0.2, 0.25) is 0 Å². The van der Waals surface area contributed by atoms with Crippen molar-refractivity contribution in [3.05, 3.63) is 34.1 Å². The second kappa shape index (κ2) is 6.82. The largest absolute Gasteiger partial charge is 0.306 e. The first-order valence-corrected chi connectivity index (χ1v) is 7.82. The van der Waals surface area contributed by atoms with Crippen LogP contribution in [-0.4, -0.2) is 30.6 Å². The van der Waals surface area contributed by atoms with Gasteiger partial charge in [0.1, 0.15) is 5.82 Å². The van der Waals surface area contributed by atoms with E-state index in [9.17, 15) is 4.39 Å². The maximum Gasteiger partial charge on any atom is 0.137 e. The number of hydrogen-bond acceptors (Lipinski definition) is 2. The lowest BCUT2D eigenvalue weighted by Gasteiger charge is -2.34. The minimum atomic E-state index is -0.203. The molecule has 0 saturated carbocycles. The van der Waals surface area contributed by atoms with Gasteiger partial charge >= 0.3 is 0 Å². The standard InChI is InChI=1S/C15H22BrFN2/c1-3-19-8-4-5-13(10-19)18-11(2)12-6-7-15(17)14(16)9-12/h6-7,9,11,13,18H,3-5,8,10H2,1-2H3. The zero-order chi connectivity index (χ0) is 13.8. The van der Waals surface area contributed by atoms with Crippen LogP contribution in [0.25, 0.3) is 0 Å². The monoisotopic (exact) mass is 328 g/mol. The maximum absolute atomic E-state index is 13.2. The summed E-state index contributed by atoms with van der Waals surface area (Å²) in [4.78, 5) is 2.48. The van der Waals surface area contributed by atoms with Crippen LogP contribution >= 0.6 is 15.9 Å². The molecular formula is C15H22BrFN2. The molecule has 1 heterocycles. The zero-order valence-corrected chi connectivity index (χ0v) is 13.2. The van der Waals surface area contributed by atoms with Gasteiger partial charge in [0.2, 0.25) is 0 Å². The fourth-order valence-corrected chi connectivity index (χ4v) is 3.11. The Kier molecular flexibility index (Phi) is 5.37. The number of benzene rings is 1. The smallest absolute Gasteiger partial charge is 0.137 e. The zero-order valence-electron chi connectivity index (χ0n) is 11.6. The summed E-state index contributed by atoms with van der Waals surface area (Å²) < 4.78 is 13.8. The van der Waals surface area contributed by atoms with Crippen molar-refractivity contribution in [3.8, 4) is 0 Å². The van der Waals surface area contributed by atoms with Crippen molar-refractivity contribution < 1.29 is 4.39 Å². The summed E-state index contributed by atoms with van der Waals surface area (Å²) in [6.45, 7) is 7.80. The van der Waals surface area contributed by atoms with Crippen molar-refractivity contribution in [2.45, 2.75) is 38.8 Å². The summed E-state index contributed by atoms with van der Waals surface area (Å²) in [7, 11) is 0. The normalized spacial score (nSPS) is 22.4. The van der Waals surface area contributed by atoms with Crippen molar-refractivity contribution in [1.82, 2.24) is 10.2 Å². The number of piperidine rings is 1. The van der Waals surface area contributed by atoms with Crippen molar-refractivity contribution in [2.75, 3.05) is 19.6 Å². The van der Waals surface area contributed by atoms with E-state index in [1.54, 1.807) is 0 Å². The van der Waals surface area contributed by atoms with E-state index >= 15 is 0 Å². The number of rotatable bonds is 4. The predicted molar refractivity (Wildman–Crippen MR) is 80.8 cm³/mol. The maximum atomic E-state index is 13.2. The Morgan fingerprint density at radius 3 is 3.00 bits per heavy atom. The highest BCUT2D eigenvalue weighted by molar-refractivity contribution is 9.10. The third kappa shape index (κ3) is 4.01. The van der Waals surface area contributed by atoms with Crippen LogP contribution in [0.15, 0.2) is 22.7 Å². The fraction of sp³-hybridized carbons (Fsp3) is 0.600. The van der Waals surface area contributed by atoms with Crippen LogP contribution in [0.3, 0.4) is 0 Å². The van der Waals surface area contributed by atoms with E-state index in [0.29, 0.717) is 10.5 Å². The summed E-state index contributed by atoms with van der Waals surface area (Å²) in [6.07, 6.45) is 2.48. The molecule has 0 bridgehead atoms. The number of likely N-dealkylation sites (tertiary alicyclic amines) is 1. The van der Waals surface area contributed by atoms with E-state index in [2.05, 4.69) is 40.0 Å². The van der Waals surface area contributed by atoms with Crippen LogP contribution in [0.4, 0.5) is 4.39 Å². The van der Waals surface area contributed by atoms with E-state index in [1.807, 2.05) is 12.1 Å². The first kappa shape index (κ1) is 14.9. The molecule has 0 amide bonds. The number of halogens is 2. The van der Waals surface area contributed by atoms with Gasteiger partial charge in [-0.3, -0.25) is 0 Å². The van der Waals surface area contributed by atoms with Crippen LogP contribution in [0, 0.1) is 5.82 Å². The molecular weight excluding hydrogens is 307 g/mol. The van der Waals surface area contributed by atoms with E-state index < -0.39 is 0 Å². The van der Waals surface area contributed by atoms with E-state index in [-0.39, 0.29) is 11.9 Å². The molecule has 2 atom stereocenters. The van der Waals surface area contributed by atoms with Crippen LogP contribution in [-0.2, 0) is 0 Å². The van der Waals surface area contributed by atoms with E-state index in [4.69, 9.17) is 0 Å². The van der Waals surface area contributed by atoms with Gasteiger partial charge in [-0.15, -0.1) is 0 Å². The molecule has 1 aliphatic rings. The lowest BCUT2D eigenvalue weighted by atomic mass is 10.0. The quantitative estimate of drug-likeness (QED) is 0.906. The van der Waals surface area contributed by atoms with Crippen molar-refractivity contribution in [2.24, 2.45) is 0 Å². The van der Waals surface area contributed by atoms with Gasteiger partial charge in [-0.1, -0.05) is 13.0 Å². The highest BCUT2D eigenvalue weighted by Crippen LogP contribution is 2.22. The molecule has 0 aromatic heterocycles. The Bertz CT molecular complexity index is 425. The lowest BCUT2D eigenvalue weighted by Crippen LogP contribution is -2.46. The summed E-state index contributed by atoms with van der Waals surface area (Å²) in [5, 5.41) is 3.66. The predicted octanol–water partition coefficient (Wildman–Crippen LogP) is 3.72. The summed E-state index contributed by atoms with van der Waals surface area (Å²) in [5.41, 5.74) is 1.13.